The molecule has 0 aliphatic heterocycles. The minimum atomic E-state index is -1.11. The van der Waals surface area contributed by atoms with E-state index in [1.807, 2.05) is 0 Å². The number of fused-ring (bicyclic) bond motifs is 1. The van der Waals surface area contributed by atoms with Crippen LogP contribution in [0.5, 0.6) is 0 Å². The topological polar surface area (TPSA) is 68.5 Å². The van der Waals surface area contributed by atoms with Gasteiger partial charge in [-0.25, -0.2) is 9.18 Å². The normalized spacial score (nSPS) is 12.0. The molecule has 6 heteroatoms. The Balaban J connectivity index is 2.44. The zero-order valence-electron chi connectivity index (χ0n) is 13.2. The lowest BCUT2D eigenvalue weighted by Crippen LogP contribution is -2.26. The molecular weight excluding hydrogens is 301 g/mol. The summed E-state index contributed by atoms with van der Waals surface area (Å²) < 4.78 is 20.3. The highest BCUT2D eigenvalue weighted by molar-refractivity contribution is 5.89. The minimum absolute atomic E-state index is 0.0916. The number of carboxylic acids is 1. The van der Waals surface area contributed by atoms with Crippen molar-refractivity contribution in [3.05, 3.63) is 41.9 Å². The lowest BCUT2D eigenvalue weighted by atomic mass is 10.2. The first kappa shape index (κ1) is 16.7. The van der Waals surface area contributed by atoms with Gasteiger partial charge < -0.3 is 14.4 Å². The summed E-state index contributed by atoms with van der Waals surface area (Å²) in [6.07, 6.45) is 2.33. The lowest BCUT2D eigenvalue weighted by Gasteiger charge is -2.20. The monoisotopic (exact) mass is 319 g/mol. The molecule has 0 fully saturated rings. The first-order valence-electron chi connectivity index (χ1n) is 7.07. The summed E-state index contributed by atoms with van der Waals surface area (Å²) >= 11 is 0. The second-order valence-electron chi connectivity index (χ2n) is 6.12. The molecule has 0 saturated heterocycles. The highest BCUT2D eigenvalue weighted by Crippen LogP contribution is 2.23. The number of ether oxygens (including phenoxy) is 1. The molecule has 0 unspecified atom stereocenters. The summed E-state index contributed by atoms with van der Waals surface area (Å²) in [6, 6.07) is 5.80. The molecule has 2 rings (SSSR count). The maximum Gasteiger partial charge on any atom is 0.328 e. The first-order chi connectivity index (χ1) is 10.7. The van der Waals surface area contributed by atoms with E-state index in [1.54, 1.807) is 37.5 Å². The summed E-state index contributed by atoms with van der Waals surface area (Å²) in [5, 5.41) is 9.35. The highest BCUT2D eigenvalue weighted by Gasteiger charge is 2.18. The third-order valence-electron chi connectivity index (χ3n) is 3.00. The van der Waals surface area contributed by atoms with Crippen LogP contribution in [0, 0.1) is 5.82 Å². The zero-order valence-corrected chi connectivity index (χ0v) is 13.2. The van der Waals surface area contributed by atoms with Crippen molar-refractivity contribution in [2.75, 3.05) is 0 Å². The molecule has 0 bridgehead atoms. The maximum absolute atomic E-state index is 13.4. The summed E-state index contributed by atoms with van der Waals surface area (Å²) in [5.74, 6) is -1.96. The molecule has 1 aromatic heterocycles. The summed E-state index contributed by atoms with van der Waals surface area (Å²) in [7, 11) is 0. The van der Waals surface area contributed by atoms with Gasteiger partial charge in [-0.15, -0.1) is 0 Å². The number of benzene rings is 1. The number of aromatic nitrogens is 1. The van der Waals surface area contributed by atoms with Crippen molar-refractivity contribution in [2.45, 2.75) is 32.9 Å². The summed E-state index contributed by atoms with van der Waals surface area (Å²) in [5.41, 5.74) is 0.490. The predicted molar refractivity (Wildman–Crippen MR) is 84.4 cm³/mol. The molecule has 23 heavy (non-hydrogen) atoms. The molecule has 1 N–H and O–H groups in total. The Morgan fingerprint density at radius 2 is 2.00 bits per heavy atom. The number of nitrogens with zero attached hydrogens (tertiary/aromatic N) is 1. The van der Waals surface area contributed by atoms with Gasteiger partial charge in [-0.1, -0.05) is 0 Å². The molecular formula is C17H18FNO4. The van der Waals surface area contributed by atoms with Crippen molar-refractivity contribution in [1.82, 2.24) is 4.57 Å². The van der Waals surface area contributed by atoms with E-state index < -0.39 is 23.4 Å². The fourth-order valence-corrected chi connectivity index (χ4v) is 2.24. The molecule has 122 valence electrons. The van der Waals surface area contributed by atoms with E-state index in [0.29, 0.717) is 16.6 Å². The number of halogens is 1. The number of carboxylic acid groups (broad SMARTS) is 1. The quantitative estimate of drug-likeness (QED) is 0.694. The van der Waals surface area contributed by atoms with Crippen LogP contribution in [0.25, 0.3) is 17.0 Å². The Morgan fingerprint density at radius 1 is 1.30 bits per heavy atom. The third-order valence-corrected chi connectivity index (χ3v) is 3.00. The number of hydrogen-bond acceptors (Lipinski definition) is 3. The molecule has 0 amide bonds. The van der Waals surface area contributed by atoms with Crippen molar-refractivity contribution in [3.8, 4) is 0 Å². The third kappa shape index (κ3) is 4.42. The largest absolute Gasteiger partial charge is 0.478 e. The van der Waals surface area contributed by atoms with Gasteiger partial charge in [-0.05, 0) is 51.1 Å². The van der Waals surface area contributed by atoms with Crippen molar-refractivity contribution < 1.29 is 23.8 Å². The van der Waals surface area contributed by atoms with Gasteiger partial charge in [0.2, 0.25) is 0 Å². The molecule has 1 heterocycles. The van der Waals surface area contributed by atoms with Gasteiger partial charge in [0.05, 0.1) is 0 Å². The number of carbonyl (C=O) groups is 2. The standard InChI is InChI=1S/C17H18FNO4/c1-17(2,3)23-16(22)10-19-13(5-7-15(20)21)9-11-8-12(18)4-6-14(11)19/h4-9H,10H2,1-3H3,(H,20,21). The van der Waals surface area contributed by atoms with Crippen molar-refractivity contribution in [2.24, 2.45) is 0 Å². The molecule has 0 atom stereocenters. The maximum atomic E-state index is 13.4. The van der Waals surface area contributed by atoms with Gasteiger partial charge in [0.1, 0.15) is 18.0 Å². The first-order valence-corrected chi connectivity index (χ1v) is 7.07. The average molecular weight is 319 g/mol. The van der Waals surface area contributed by atoms with Gasteiger partial charge in [-0.3, -0.25) is 4.79 Å². The number of aliphatic carboxylic acids is 1. The van der Waals surface area contributed by atoms with E-state index in [2.05, 4.69) is 0 Å². The second-order valence-corrected chi connectivity index (χ2v) is 6.12. The van der Waals surface area contributed by atoms with Gasteiger partial charge in [0.25, 0.3) is 0 Å². The number of hydrogen-bond donors (Lipinski definition) is 1. The van der Waals surface area contributed by atoms with Crippen LogP contribution in [-0.4, -0.2) is 27.2 Å². The summed E-state index contributed by atoms with van der Waals surface area (Å²) in [6.45, 7) is 5.20. The molecule has 0 saturated carbocycles. The summed E-state index contributed by atoms with van der Waals surface area (Å²) in [4.78, 5) is 22.8. The lowest BCUT2D eigenvalue weighted by molar-refractivity contribution is -0.155. The van der Waals surface area contributed by atoms with E-state index in [1.165, 1.54) is 18.2 Å². The van der Waals surface area contributed by atoms with Crippen LogP contribution in [0.4, 0.5) is 4.39 Å². The fraction of sp³-hybridized carbons (Fsp3) is 0.294. The molecule has 2 aromatic rings. The highest BCUT2D eigenvalue weighted by atomic mass is 19.1. The number of esters is 1. The van der Waals surface area contributed by atoms with Gasteiger partial charge in [0.15, 0.2) is 0 Å². The van der Waals surface area contributed by atoms with Crippen LogP contribution in [0.15, 0.2) is 30.3 Å². The SMILES string of the molecule is CC(C)(C)OC(=O)Cn1c(C=CC(=O)O)cc2cc(F)ccc21. The van der Waals surface area contributed by atoms with Crippen molar-refractivity contribution in [1.29, 1.82) is 0 Å². The van der Waals surface area contributed by atoms with E-state index in [-0.39, 0.29) is 6.54 Å². The molecule has 0 spiro atoms. The zero-order chi connectivity index (χ0) is 17.2. The Kier molecular flexibility index (Phi) is 4.54. The minimum Gasteiger partial charge on any atom is -0.478 e. The fourth-order valence-electron chi connectivity index (χ4n) is 2.24. The van der Waals surface area contributed by atoms with E-state index in [4.69, 9.17) is 9.84 Å². The van der Waals surface area contributed by atoms with E-state index >= 15 is 0 Å². The van der Waals surface area contributed by atoms with Crippen LogP contribution in [0.1, 0.15) is 26.5 Å². The van der Waals surface area contributed by atoms with Crippen LogP contribution < -0.4 is 0 Å². The number of rotatable bonds is 4. The second kappa shape index (κ2) is 6.24. The average Bonchev–Trinajstić information content (AvgIpc) is 2.71. The van der Waals surface area contributed by atoms with Crippen molar-refractivity contribution in [3.63, 3.8) is 0 Å². The Hall–Kier alpha value is -2.63. The smallest absolute Gasteiger partial charge is 0.328 e. The van der Waals surface area contributed by atoms with E-state index in [9.17, 15) is 14.0 Å². The van der Waals surface area contributed by atoms with Crippen LogP contribution >= 0.6 is 0 Å². The Morgan fingerprint density at radius 3 is 2.61 bits per heavy atom. The number of carbonyl (C=O) groups excluding carboxylic acids is 1. The Bertz CT molecular complexity index is 784. The van der Waals surface area contributed by atoms with Gasteiger partial charge in [-0.2, -0.15) is 0 Å². The molecule has 5 nitrogen and oxygen atoms in total. The van der Waals surface area contributed by atoms with Crippen LogP contribution in [-0.2, 0) is 20.9 Å². The Labute approximate surface area is 133 Å². The molecule has 0 aliphatic carbocycles. The predicted octanol–water partition coefficient (Wildman–Crippen LogP) is 3.22. The van der Waals surface area contributed by atoms with Crippen LogP contribution in [0.2, 0.25) is 0 Å². The van der Waals surface area contributed by atoms with Crippen LogP contribution in [0.3, 0.4) is 0 Å². The van der Waals surface area contributed by atoms with Gasteiger partial charge >= 0.3 is 11.9 Å². The molecule has 1 aromatic carbocycles. The van der Waals surface area contributed by atoms with Gasteiger partial charge in [0, 0.05) is 22.7 Å². The molecule has 0 aliphatic rings. The molecule has 0 radical (unpaired) electrons. The van der Waals surface area contributed by atoms with E-state index in [0.717, 1.165) is 6.08 Å². The van der Waals surface area contributed by atoms with Crippen molar-refractivity contribution >= 4 is 28.9 Å².